The van der Waals surface area contributed by atoms with Crippen molar-refractivity contribution < 1.29 is 0 Å². The van der Waals surface area contributed by atoms with Crippen LogP contribution < -0.4 is 5.32 Å². The second kappa shape index (κ2) is 8.17. The largest absolute Gasteiger partial charge is 0.319 e. The molecule has 3 heteroatoms. The summed E-state index contributed by atoms with van der Waals surface area (Å²) in [5, 5.41) is 4.26. The summed E-state index contributed by atoms with van der Waals surface area (Å²) < 4.78 is 0. The van der Waals surface area contributed by atoms with Gasteiger partial charge in [0.25, 0.3) is 0 Å². The molecule has 1 aliphatic carbocycles. The van der Waals surface area contributed by atoms with E-state index in [-0.39, 0.29) is 0 Å². The fourth-order valence-corrected chi connectivity index (χ4v) is 3.90. The number of hydrogen-bond donors (Lipinski definition) is 1. The molecule has 118 valence electrons. The molecule has 0 unspecified atom stereocenters. The van der Waals surface area contributed by atoms with Crippen molar-refractivity contribution in [2.24, 2.45) is 5.41 Å². The van der Waals surface area contributed by atoms with Crippen LogP contribution in [0.5, 0.6) is 0 Å². The van der Waals surface area contributed by atoms with Crippen LogP contribution in [0, 0.1) is 5.41 Å². The van der Waals surface area contributed by atoms with E-state index in [4.69, 9.17) is 11.6 Å². The third-order valence-corrected chi connectivity index (χ3v) is 4.94. The summed E-state index contributed by atoms with van der Waals surface area (Å²) in [6.07, 6.45) is 8.31. The summed E-state index contributed by atoms with van der Waals surface area (Å²) in [7, 11) is 4.34. The molecule has 1 aliphatic rings. The van der Waals surface area contributed by atoms with Gasteiger partial charge in [-0.3, -0.25) is 0 Å². The zero-order valence-electron chi connectivity index (χ0n) is 13.5. The van der Waals surface area contributed by atoms with E-state index in [1.54, 1.807) is 0 Å². The second-order valence-electron chi connectivity index (χ2n) is 6.74. The molecule has 1 aromatic rings. The lowest BCUT2D eigenvalue weighted by atomic mass is 9.79. The molecule has 1 aromatic carbocycles. The minimum Gasteiger partial charge on any atom is -0.319 e. The topological polar surface area (TPSA) is 15.3 Å². The summed E-state index contributed by atoms with van der Waals surface area (Å²) in [4.78, 5) is 2.48. The third kappa shape index (κ3) is 5.28. The first-order valence-electron chi connectivity index (χ1n) is 8.21. The van der Waals surface area contributed by atoms with Gasteiger partial charge in [0.2, 0.25) is 0 Å². The maximum absolute atomic E-state index is 5.96. The number of nitrogens with one attached hydrogen (secondary N) is 1. The molecular formula is C18H29ClN2. The number of nitrogens with zero attached hydrogens (tertiary/aromatic N) is 1. The molecule has 0 radical (unpaired) electrons. The van der Waals surface area contributed by atoms with E-state index < -0.39 is 0 Å². The molecule has 0 atom stereocenters. The maximum Gasteiger partial charge on any atom is 0.0406 e. The predicted octanol–water partition coefficient (Wildman–Crippen LogP) is 4.33. The van der Waals surface area contributed by atoms with Crippen LogP contribution in [-0.4, -0.2) is 32.1 Å². The Morgan fingerprint density at radius 1 is 1.10 bits per heavy atom. The van der Waals surface area contributed by atoms with E-state index in [0.717, 1.165) is 18.1 Å². The molecule has 0 amide bonds. The Morgan fingerprint density at radius 2 is 1.71 bits per heavy atom. The molecule has 1 N–H and O–H groups in total. The Hall–Kier alpha value is -0.570. The van der Waals surface area contributed by atoms with Crippen LogP contribution in [0.2, 0.25) is 5.02 Å². The van der Waals surface area contributed by atoms with E-state index >= 15 is 0 Å². The SMILES string of the molecule is CNCC1(CN(C)Cc2ccc(Cl)cc2)CCCCCC1. The number of rotatable bonds is 6. The summed E-state index contributed by atoms with van der Waals surface area (Å²) in [6, 6.07) is 8.24. The summed E-state index contributed by atoms with van der Waals surface area (Å²) >= 11 is 5.96. The number of halogens is 1. The lowest BCUT2D eigenvalue weighted by Crippen LogP contribution is -2.41. The second-order valence-corrected chi connectivity index (χ2v) is 7.18. The monoisotopic (exact) mass is 308 g/mol. The van der Waals surface area contributed by atoms with Crippen LogP contribution in [0.15, 0.2) is 24.3 Å². The first-order chi connectivity index (χ1) is 10.1. The summed E-state index contributed by atoms with van der Waals surface area (Å²) in [6.45, 7) is 3.32. The van der Waals surface area contributed by atoms with E-state index in [1.165, 1.54) is 50.6 Å². The lowest BCUT2D eigenvalue weighted by Gasteiger charge is -2.36. The Balaban J connectivity index is 1.96. The van der Waals surface area contributed by atoms with Gasteiger partial charge in [0, 0.05) is 24.7 Å². The average molecular weight is 309 g/mol. The van der Waals surface area contributed by atoms with E-state index in [9.17, 15) is 0 Å². The van der Waals surface area contributed by atoms with Crippen molar-refractivity contribution in [3.05, 3.63) is 34.9 Å². The molecule has 0 aliphatic heterocycles. The molecule has 0 saturated heterocycles. The molecule has 0 bridgehead atoms. The molecule has 1 saturated carbocycles. The van der Waals surface area contributed by atoms with Crippen molar-refractivity contribution in [1.29, 1.82) is 0 Å². The first kappa shape index (κ1) is 16.8. The highest BCUT2D eigenvalue weighted by Crippen LogP contribution is 2.35. The molecule has 2 nitrogen and oxygen atoms in total. The minimum atomic E-state index is 0.451. The van der Waals surface area contributed by atoms with Gasteiger partial charge >= 0.3 is 0 Å². The third-order valence-electron chi connectivity index (χ3n) is 4.69. The average Bonchev–Trinajstić information content (AvgIpc) is 2.67. The van der Waals surface area contributed by atoms with Gasteiger partial charge < -0.3 is 10.2 Å². The predicted molar refractivity (Wildman–Crippen MR) is 91.8 cm³/mol. The van der Waals surface area contributed by atoms with E-state index in [0.29, 0.717) is 5.41 Å². The lowest BCUT2D eigenvalue weighted by molar-refractivity contribution is 0.144. The molecule has 0 heterocycles. The van der Waals surface area contributed by atoms with Crippen LogP contribution in [0.25, 0.3) is 0 Å². The van der Waals surface area contributed by atoms with Gasteiger partial charge in [-0.05, 0) is 50.0 Å². The van der Waals surface area contributed by atoms with Gasteiger partial charge in [-0.1, -0.05) is 49.4 Å². The number of benzene rings is 1. The van der Waals surface area contributed by atoms with Crippen LogP contribution in [0.3, 0.4) is 0 Å². The minimum absolute atomic E-state index is 0.451. The van der Waals surface area contributed by atoms with E-state index in [2.05, 4.69) is 36.4 Å². The zero-order chi connectivity index (χ0) is 15.1. The molecule has 0 aromatic heterocycles. The van der Waals surface area contributed by atoms with Crippen molar-refractivity contribution >= 4 is 11.6 Å². The Labute approximate surface area is 134 Å². The smallest absolute Gasteiger partial charge is 0.0406 e. The Bertz CT molecular complexity index is 408. The van der Waals surface area contributed by atoms with Crippen molar-refractivity contribution in [3.8, 4) is 0 Å². The van der Waals surface area contributed by atoms with Gasteiger partial charge in [-0.2, -0.15) is 0 Å². The zero-order valence-corrected chi connectivity index (χ0v) is 14.3. The molecule has 0 spiro atoms. The quantitative estimate of drug-likeness (QED) is 0.787. The normalized spacial score (nSPS) is 18.7. The van der Waals surface area contributed by atoms with Crippen molar-refractivity contribution in [2.45, 2.75) is 45.1 Å². The fraction of sp³-hybridized carbons (Fsp3) is 0.667. The van der Waals surface area contributed by atoms with Gasteiger partial charge in [-0.15, -0.1) is 0 Å². The Morgan fingerprint density at radius 3 is 2.29 bits per heavy atom. The molecule has 21 heavy (non-hydrogen) atoms. The molecular weight excluding hydrogens is 280 g/mol. The van der Waals surface area contributed by atoms with Gasteiger partial charge in [0.05, 0.1) is 0 Å². The van der Waals surface area contributed by atoms with Crippen LogP contribution >= 0.6 is 11.6 Å². The van der Waals surface area contributed by atoms with Crippen LogP contribution in [-0.2, 0) is 6.54 Å². The fourth-order valence-electron chi connectivity index (χ4n) is 3.77. The Kier molecular flexibility index (Phi) is 6.53. The first-order valence-corrected chi connectivity index (χ1v) is 8.59. The van der Waals surface area contributed by atoms with E-state index in [1.807, 2.05) is 12.1 Å². The highest BCUT2D eigenvalue weighted by atomic mass is 35.5. The van der Waals surface area contributed by atoms with Crippen LogP contribution in [0.1, 0.15) is 44.1 Å². The standard InChI is InChI=1S/C18H29ClN2/c1-20-14-18(11-5-3-4-6-12-18)15-21(2)13-16-7-9-17(19)10-8-16/h7-10,20H,3-6,11-15H2,1-2H3. The van der Waals surface area contributed by atoms with Crippen LogP contribution in [0.4, 0.5) is 0 Å². The van der Waals surface area contributed by atoms with Gasteiger partial charge in [0.15, 0.2) is 0 Å². The maximum atomic E-state index is 5.96. The van der Waals surface area contributed by atoms with Crippen molar-refractivity contribution in [3.63, 3.8) is 0 Å². The summed E-state index contributed by atoms with van der Waals surface area (Å²) in [5.41, 5.74) is 1.79. The van der Waals surface area contributed by atoms with Crippen molar-refractivity contribution in [2.75, 3.05) is 27.2 Å². The summed E-state index contributed by atoms with van der Waals surface area (Å²) in [5.74, 6) is 0. The molecule has 2 rings (SSSR count). The van der Waals surface area contributed by atoms with Gasteiger partial charge in [-0.25, -0.2) is 0 Å². The molecule has 1 fully saturated rings. The van der Waals surface area contributed by atoms with Gasteiger partial charge in [0.1, 0.15) is 0 Å². The highest BCUT2D eigenvalue weighted by molar-refractivity contribution is 6.30. The highest BCUT2D eigenvalue weighted by Gasteiger charge is 2.31. The van der Waals surface area contributed by atoms with Crippen molar-refractivity contribution in [1.82, 2.24) is 10.2 Å². The number of hydrogen-bond acceptors (Lipinski definition) is 2.